The van der Waals surface area contributed by atoms with Gasteiger partial charge in [0, 0.05) is 17.5 Å². The second-order valence-corrected chi connectivity index (χ2v) is 13.9. The number of fused-ring (bicyclic) bond motifs is 4. The molecule has 0 unspecified atom stereocenters. The summed E-state index contributed by atoms with van der Waals surface area (Å²) >= 11 is 6.00. The van der Waals surface area contributed by atoms with Crippen LogP contribution in [-0.4, -0.2) is 35.8 Å². The highest BCUT2D eigenvalue weighted by Gasteiger charge is 2.68. The van der Waals surface area contributed by atoms with E-state index < -0.39 is 93.6 Å². The van der Waals surface area contributed by atoms with E-state index in [0.717, 1.165) is 17.0 Å². The van der Waals surface area contributed by atoms with Crippen molar-refractivity contribution in [3.63, 3.8) is 0 Å². The molecule has 2 saturated heterocycles. The number of hydrogen-bond donors (Lipinski definition) is 1. The first-order valence-corrected chi connectivity index (χ1v) is 16.2. The van der Waals surface area contributed by atoms with Crippen LogP contribution in [-0.2, 0) is 31.5 Å². The van der Waals surface area contributed by atoms with Gasteiger partial charge < -0.3 is 9.84 Å². The fourth-order valence-corrected chi connectivity index (χ4v) is 8.62. The minimum Gasteiger partial charge on any atom is -0.508 e. The molecule has 1 saturated carbocycles. The Morgan fingerprint density at radius 2 is 1.48 bits per heavy atom. The highest BCUT2D eigenvalue weighted by molar-refractivity contribution is 6.32. The van der Waals surface area contributed by atoms with Crippen LogP contribution in [0.2, 0.25) is 5.02 Å². The van der Waals surface area contributed by atoms with Crippen LogP contribution in [0.4, 0.5) is 42.1 Å². The Bertz CT molecular complexity index is 2080. The highest BCUT2D eigenvalue weighted by atomic mass is 35.5. The number of nitrogens with zero attached hydrogens (tertiary/aromatic N) is 2. The van der Waals surface area contributed by atoms with Gasteiger partial charge in [-0.2, -0.15) is 26.3 Å². The fraction of sp³-hybridized carbons (Fsp3) is 0.333. The Morgan fingerprint density at radius 1 is 0.827 bits per heavy atom. The van der Waals surface area contributed by atoms with Crippen molar-refractivity contribution in [2.45, 2.75) is 38.0 Å². The summed E-state index contributed by atoms with van der Waals surface area (Å²) in [7, 11) is 1.35. The molecule has 2 aliphatic heterocycles. The largest absolute Gasteiger partial charge is 0.508 e. The van der Waals surface area contributed by atoms with Crippen LogP contribution in [0.15, 0.2) is 66.2 Å². The van der Waals surface area contributed by atoms with Crippen LogP contribution < -0.4 is 14.5 Å². The maximum atomic E-state index is 14.5. The van der Waals surface area contributed by atoms with E-state index in [1.165, 1.54) is 38.3 Å². The van der Waals surface area contributed by atoms with E-state index in [-0.39, 0.29) is 46.7 Å². The number of aromatic hydroxyl groups is 1. The summed E-state index contributed by atoms with van der Waals surface area (Å²) < 4.78 is 102. The van der Waals surface area contributed by atoms with Crippen molar-refractivity contribution in [3.8, 4) is 11.5 Å². The first kappa shape index (κ1) is 35.5. The summed E-state index contributed by atoms with van der Waals surface area (Å²) in [5.41, 5.74) is -5.50. The minimum absolute atomic E-state index is 0.0483. The van der Waals surface area contributed by atoms with E-state index >= 15 is 0 Å². The molecular weight excluding hydrogens is 725 g/mol. The van der Waals surface area contributed by atoms with Gasteiger partial charge in [0.2, 0.25) is 23.6 Å². The molecule has 2 aliphatic carbocycles. The number of anilines is 2. The summed E-state index contributed by atoms with van der Waals surface area (Å²) in [5, 5.41) is 10.9. The number of allylic oxidation sites excluding steroid dienone is 2. The number of imide groups is 2. The number of phenols is 1. The Hall–Kier alpha value is -4.92. The van der Waals surface area contributed by atoms with Crippen LogP contribution in [0, 0.1) is 34.9 Å². The Kier molecular flexibility index (Phi) is 8.05. The van der Waals surface area contributed by atoms with Crippen LogP contribution in [0.5, 0.6) is 11.5 Å². The van der Waals surface area contributed by atoms with Crippen LogP contribution in [0.25, 0.3) is 0 Å². The number of phenolic OH excluding ortho intramolecular Hbond substituents is 1. The van der Waals surface area contributed by atoms with Crippen LogP contribution in [0.3, 0.4) is 0 Å². The molecular formula is C36H26ClF7N2O6. The lowest BCUT2D eigenvalue weighted by Crippen LogP contribution is -2.48. The zero-order chi connectivity index (χ0) is 37.8. The molecule has 52 heavy (non-hydrogen) atoms. The van der Waals surface area contributed by atoms with E-state index in [1.807, 2.05) is 0 Å². The van der Waals surface area contributed by atoms with Gasteiger partial charge in [-0.1, -0.05) is 29.3 Å². The number of methoxy groups -OCH3 is 1. The molecule has 3 aromatic carbocycles. The van der Waals surface area contributed by atoms with Gasteiger partial charge >= 0.3 is 12.4 Å². The van der Waals surface area contributed by atoms with E-state index in [9.17, 15) is 55.0 Å². The second kappa shape index (κ2) is 11.8. The molecule has 0 spiro atoms. The third-order valence-corrected chi connectivity index (χ3v) is 11.1. The molecule has 6 atom stereocenters. The Balaban J connectivity index is 1.37. The number of carbonyl (C=O) groups is 4. The maximum Gasteiger partial charge on any atom is 0.416 e. The fourth-order valence-electron chi connectivity index (χ4n) is 8.45. The number of ether oxygens (including phenoxy) is 1. The molecule has 2 heterocycles. The normalized spacial score (nSPS) is 27.4. The van der Waals surface area contributed by atoms with Crippen molar-refractivity contribution in [2.75, 3.05) is 16.9 Å². The summed E-state index contributed by atoms with van der Waals surface area (Å²) in [4.78, 5) is 58.0. The lowest BCUT2D eigenvalue weighted by atomic mass is 9.51. The van der Waals surface area contributed by atoms with Crippen molar-refractivity contribution < 1.29 is 59.8 Å². The van der Waals surface area contributed by atoms with Gasteiger partial charge in [0.1, 0.15) is 17.3 Å². The van der Waals surface area contributed by atoms with Crippen LogP contribution >= 0.6 is 11.6 Å². The molecule has 0 bridgehead atoms. The number of alkyl halides is 6. The zero-order valence-electron chi connectivity index (χ0n) is 27.0. The van der Waals surface area contributed by atoms with E-state index in [2.05, 4.69) is 0 Å². The SMILES string of the molecule is COc1ccc([C@H]2C3=CC[C@@H]4C(=O)N(c5cc(C(F)(F)F)cc(C(F)(F)F)c5)C(=O)[C@@H]4[C@@H]3C[C@H]3C(=O)N(c4ccc(F)c(Cl)c4)C(=O)[C@@]23C)c(O)c1. The third kappa shape index (κ3) is 5.18. The summed E-state index contributed by atoms with van der Waals surface area (Å²) in [6.07, 6.45) is -9.33. The lowest BCUT2D eigenvalue weighted by Gasteiger charge is -2.49. The van der Waals surface area contributed by atoms with Gasteiger partial charge in [0.25, 0.3) is 0 Å². The molecule has 16 heteroatoms. The molecule has 3 aromatic rings. The average molecular weight is 751 g/mol. The van der Waals surface area contributed by atoms with Crippen molar-refractivity contribution in [3.05, 3.63) is 93.8 Å². The predicted octanol–water partition coefficient (Wildman–Crippen LogP) is 7.67. The molecule has 4 amide bonds. The van der Waals surface area contributed by atoms with Crippen LogP contribution in [0.1, 0.15) is 42.4 Å². The smallest absolute Gasteiger partial charge is 0.416 e. The molecule has 0 radical (unpaired) electrons. The van der Waals surface area contributed by atoms with Gasteiger partial charge in [-0.3, -0.25) is 19.2 Å². The number of benzene rings is 3. The third-order valence-electron chi connectivity index (χ3n) is 10.8. The Morgan fingerprint density at radius 3 is 2.06 bits per heavy atom. The number of halogens is 8. The molecule has 7 rings (SSSR count). The molecule has 0 aromatic heterocycles. The Labute approximate surface area is 295 Å². The quantitative estimate of drug-likeness (QED) is 0.167. The summed E-state index contributed by atoms with van der Waals surface area (Å²) in [5.74, 6) is -10.4. The van der Waals surface area contributed by atoms with E-state index in [1.54, 1.807) is 6.08 Å². The standard InChI is InChI=1S/C36H26ClF7N2O6/c1-34-24(31(49)46(33(34)51)17-3-8-26(38)25(37)12-17)14-23-20(29(34)21-5-4-19(52-2)13-27(21)47)6-7-22-28(23)32(50)45(30(22)48)18-10-15(35(39,40)41)9-16(11-18)36(42,43)44/h3-6,8-13,22-24,28-29,47H,7,14H2,1-2H3/t22-,23+,24-,28-,29+,34+/m0/s1. The first-order valence-electron chi connectivity index (χ1n) is 15.9. The van der Waals surface area contributed by atoms with Crippen molar-refractivity contribution in [2.24, 2.45) is 29.1 Å². The highest BCUT2D eigenvalue weighted by Crippen LogP contribution is 2.64. The van der Waals surface area contributed by atoms with Gasteiger partial charge in [-0.15, -0.1) is 0 Å². The minimum atomic E-state index is -5.25. The summed E-state index contributed by atoms with van der Waals surface area (Å²) in [6.45, 7) is 1.51. The van der Waals surface area contributed by atoms with E-state index in [4.69, 9.17) is 16.3 Å². The molecule has 8 nitrogen and oxygen atoms in total. The molecule has 4 aliphatic rings. The number of amides is 4. The molecule has 1 N–H and O–H groups in total. The van der Waals surface area contributed by atoms with E-state index in [0.29, 0.717) is 22.6 Å². The molecule has 272 valence electrons. The first-order chi connectivity index (χ1) is 24.3. The second-order valence-electron chi connectivity index (χ2n) is 13.5. The number of rotatable bonds is 4. The lowest BCUT2D eigenvalue weighted by molar-refractivity contribution is -0.143. The maximum absolute atomic E-state index is 14.5. The zero-order valence-corrected chi connectivity index (χ0v) is 27.7. The number of hydrogen-bond acceptors (Lipinski definition) is 6. The predicted molar refractivity (Wildman–Crippen MR) is 170 cm³/mol. The van der Waals surface area contributed by atoms with Crippen molar-refractivity contribution in [1.82, 2.24) is 0 Å². The number of carbonyl (C=O) groups excluding carboxylic acids is 4. The van der Waals surface area contributed by atoms with Crippen molar-refractivity contribution in [1.29, 1.82) is 0 Å². The van der Waals surface area contributed by atoms with Gasteiger partial charge in [-0.05, 0) is 68.1 Å². The van der Waals surface area contributed by atoms with Gasteiger partial charge in [0.05, 0.1) is 57.8 Å². The average Bonchev–Trinajstić information content (AvgIpc) is 3.44. The molecule has 3 fully saturated rings. The van der Waals surface area contributed by atoms with Gasteiger partial charge in [-0.25, -0.2) is 14.2 Å². The topological polar surface area (TPSA) is 104 Å². The monoisotopic (exact) mass is 750 g/mol. The van der Waals surface area contributed by atoms with Gasteiger partial charge in [0.15, 0.2) is 0 Å². The van der Waals surface area contributed by atoms with Crippen molar-refractivity contribution >= 4 is 46.6 Å². The summed E-state index contributed by atoms with van der Waals surface area (Å²) in [6, 6.07) is 7.99.